The Bertz CT molecular complexity index is 498. The third kappa shape index (κ3) is 2.56. The second-order valence-corrected chi connectivity index (χ2v) is 5.45. The van der Waals surface area contributed by atoms with E-state index < -0.39 is 5.54 Å². The molecule has 2 aromatic rings. The summed E-state index contributed by atoms with van der Waals surface area (Å²) in [5.41, 5.74) is 0.360. The number of hydrogen-bond donors (Lipinski definition) is 1. The van der Waals surface area contributed by atoms with Crippen LogP contribution in [0.5, 0.6) is 0 Å². The number of nitrogens with zero attached hydrogens (tertiary/aromatic N) is 2. The lowest BCUT2D eigenvalue weighted by Gasteiger charge is -2.23. The molecule has 2 rings (SSSR count). The van der Waals surface area contributed by atoms with Gasteiger partial charge in [0.15, 0.2) is 10.7 Å². The highest BCUT2D eigenvalue weighted by Crippen LogP contribution is 2.14. The lowest BCUT2D eigenvalue weighted by molar-refractivity contribution is -0.123. The van der Waals surface area contributed by atoms with Crippen molar-refractivity contribution in [3.8, 4) is 0 Å². The topological polar surface area (TPSA) is 46.4 Å². The zero-order valence-electron chi connectivity index (χ0n) is 10.4. The van der Waals surface area contributed by atoms with E-state index in [1.54, 1.807) is 11.3 Å². The normalized spacial score (nSPS) is 12.2. The van der Waals surface area contributed by atoms with Gasteiger partial charge in [0.1, 0.15) is 0 Å². The lowest BCUT2D eigenvalue weighted by atomic mass is 9.96. The van der Waals surface area contributed by atoms with Crippen molar-refractivity contribution in [2.45, 2.75) is 32.7 Å². The van der Waals surface area contributed by atoms with E-state index >= 15 is 0 Å². The number of thiazole rings is 1. The third-order valence-corrected chi connectivity index (χ3v) is 3.57. The van der Waals surface area contributed by atoms with E-state index in [0.717, 1.165) is 17.2 Å². The molecule has 0 amide bonds. The molecule has 0 aliphatic heterocycles. The van der Waals surface area contributed by atoms with Crippen molar-refractivity contribution in [1.82, 2.24) is 14.7 Å². The summed E-state index contributed by atoms with van der Waals surface area (Å²) in [5, 5.41) is 5.17. The maximum Gasteiger partial charge on any atom is 0.193 e. The van der Waals surface area contributed by atoms with Gasteiger partial charge in [-0.15, -0.1) is 11.3 Å². The van der Waals surface area contributed by atoms with Gasteiger partial charge in [0.05, 0.1) is 17.7 Å². The predicted molar refractivity (Wildman–Crippen MR) is 69.5 cm³/mol. The van der Waals surface area contributed by atoms with Crippen LogP contribution in [0.2, 0.25) is 0 Å². The van der Waals surface area contributed by atoms with Gasteiger partial charge in [-0.25, -0.2) is 4.98 Å². The van der Waals surface area contributed by atoms with Crippen molar-refractivity contribution in [3.05, 3.63) is 23.5 Å². The van der Waals surface area contributed by atoms with Crippen molar-refractivity contribution in [1.29, 1.82) is 0 Å². The van der Waals surface area contributed by atoms with Gasteiger partial charge in [-0.05, 0) is 20.4 Å². The van der Waals surface area contributed by atoms with Crippen molar-refractivity contribution in [3.63, 3.8) is 0 Å². The first-order valence-corrected chi connectivity index (χ1v) is 6.60. The molecule has 92 valence electrons. The van der Waals surface area contributed by atoms with E-state index in [-0.39, 0.29) is 5.78 Å². The minimum Gasteiger partial charge on any atom is -0.306 e. The van der Waals surface area contributed by atoms with Crippen LogP contribution in [0.3, 0.4) is 0 Å². The first kappa shape index (κ1) is 12.3. The molecule has 0 aliphatic rings. The van der Waals surface area contributed by atoms with Gasteiger partial charge < -0.3 is 5.32 Å². The SMILES string of the molecule is CCNC(C)(C)C(=O)Cc1cn2ccsc2n1. The number of nitrogens with one attached hydrogen (secondary N) is 1. The van der Waals surface area contributed by atoms with Gasteiger partial charge in [0.25, 0.3) is 0 Å². The molecule has 5 heteroatoms. The molecule has 0 radical (unpaired) electrons. The number of hydrogen-bond acceptors (Lipinski definition) is 4. The van der Waals surface area contributed by atoms with Gasteiger partial charge in [-0.3, -0.25) is 9.20 Å². The highest BCUT2D eigenvalue weighted by Gasteiger charge is 2.26. The Morgan fingerprint density at radius 2 is 2.35 bits per heavy atom. The molecule has 0 fully saturated rings. The summed E-state index contributed by atoms with van der Waals surface area (Å²) in [7, 11) is 0. The summed E-state index contributed by atoms with van der Waals surface area (Å²) in [6.45, 7) is 6.62. The number of carbonyl (C=O) groups excluding carboxylic acids is 1. The average molecular weight is 251 g/mol. The predicted octanol–water partition coefficient (Wildman–Crippen LogP) is 1.90. The Balaban J connectivity index is 2.11. The Morgan fingerprint density at radius 3 is 3.00 bits per heavy atom. The molecule has 17 heavy (non-hydrogen) atoms. The van der Waals surface area contributed by atoms with Crippen LogP contribution in [0.15, 0.2) is 17.8 Å². The van der Waals surface area contributed by atoms with Gasteiger partial charge in [-0.1, -0.05) is 6.92 Å². The summed E-state index contributed by atoms with van der Waals surface area (Å²) in [6, 6.07) is 0. The largest absolute Gasteiger partial charge is 0.306 e. The van der Waals surface area contributed by atoms with Crippen LogP contribution < -0.4 is 5.32 Å². The molecule has 0 bridgehead atoms. The quantitative estimate of drug-likeness (QED) is 0.882. The van der Waals surface area contributed by atoms with Crippen molar-refractivity contribution in [2.75, 3.05) is 6.54 Å². The number of aromatic nitrogens is 2. The van der Waals surface area contributed by atoms with E-state index in [1.807, 2.05) is 42.9 Å². The Kier molecular flexibility index (Phi) is 3.31. The average Bonchev–Trinajstić information content (AvgIpc) is 2.77. The van der Waals surface area contributed by atoms with Crippen molar-refractivity contribution >= 4 is 22.1 Å². The molecule has 2 heterocycles. The molecule has 4 nitrogen and oxygen atoms in total. The Labute approximate surface area is 105 Å². The Hall–Kier alpha value is -1.20. The molecule has 0 aliphatic carbocycles. The molecule has 0 atom stereocenters. The van der Waals surface area contributed by atoms with E-state index in [9.17, 15) is 4.79 Å². The highest BCUT2D eigenvalue weighted by molar-refractivity contribution is 7.15. The molecule has 0 aromatic carbocycles. The Morgan fingerprint density at radius 1 is 1.59 bits per heavy atom. The summed E-state index contributed by atoms with van der Waals surface area (Å²) >= 11 is 1.58. The van der Waals surface area contributed by atoms with Crippen LogP contribution in [0.25, 0.3) is 4.96 Å². The first-order valence-electron chi connectivity index (χ1n) is 5.72. The second-order valence-electron chi connectivity index (χ2n) is 4.58. The maximum atomic E-state index is 12.1. The van der Waals surface area contributed by atoms with Gasteiger partial charge >= 0.3 is 0 Å². The molecule has 0 unspecified atom stereocenters. The van der Waals surface area contributed by atoms with Gasteiger partial charge in [0.2, 0.25) is 0 Å². The maximum absolute atomic E-state index is 12.1. The molecular formula is C12H17N3OS. The molecule has 0 saturated heterocycles. The third-order valence-electron chi connectivity index (χ3n) is 2.80. The zero-order valence-corrected chi connectivity index (χ0v) is 11.2. The smallest absolute Gasteiger partial charge is 0.193 e. The number of imidazole rings is 1. The van der Waals surface area contributed by atoms with Gasteiger partial charge in [0, 0.05) is 17.8 Å². The molecule has 0 saturated carbocycles. The fourth-order valence-electron chi connectivity index (χ4n) is 1.79. The second kappa shape index (κ2) is 4.58. The molecule has 0 spiro atoms. The standard InChI is InChI=1S/C12H17N3OS/c1-4-13-12(2,3)10(16)7-9-8-15-5-6-17-11(15)14-9/h5-6,8,13H,4,7H2,1-3H3. The minimum atomic E-state index is -0.480. The van der Waals surface area contributed by atoms with Crippen LogP contribution in [-0.2, 0) is 11.2 Å². The molecule has 1 N–H and O–H groups in total. The van der Waals surface area contributed by atoms with Gasteiger partial charge in [-0.2, -0.15) is 0 Å². The number of carbonyl (C=O) groups is 1. The fraction of sp³-hybridized carbons (Fsp3) is 0.500. The van der Waals surface area contributed by atoms with Crippen LogP contribution >= 0.6 is 11.3 Å². The number of fused-ring (bicyclic) bond motifs is 1. The summed E-state index contributed by atoms with van der Waals surface area (Å²) in [6.07, 6.45) is 4.26. The number of likely N-dealkylation sites (N-methyl/N-ethyl adjacent to an activating group) is 1. The summed E-state index contributed by atoms with van der Waals surface area (Å²) < 4.78 is 1.95. The van der Waals surface area contributed by atoms with E-state index in [2.05, 4.69) is 10.3 Å². The van der Waals surface area contributed by atoms with Crippen LogP contribution in [0, 0.1) is 0 Å². The van der Waals surface area contributed by atoms with Crippen LogP contribution in [-0.4, -0.2) is 27.3 Å². The minimum absolute atomic E-state index is 0.171. The van der Waals surface area contributed by atoms with Crippen LogP contribution in [0.1, 0.15) is 26.5 Å². The zero-order chi connectivity index (χ0) is 12.5. The van der Waals surface area contributed by atoms with E-state index in [4.69, 9.17) is 0 Å². The number of rotatable bonds is 5. The van der Waals surface area contributed by atoms with E-state index in [0.29, 0.717) is 6.42 Å². The number of ketones is 1. The number of Topliss-reactive ketones (excluding diaryl/α,β-unsaturated/α-hetero) is 1. The monoisotopic (exact) mass is 251 g/mol. The van der Waals surface area contributed by atoms with Crippen molar-refractivity contribution in [2.24, 2.45) is 0 Å². The highest BCUT2D eigenvalue weighted by atomic mass is 32.1. The van der Waals surface area contributed by atoms with Crippen LogP contribution in [0.4, 0.5) is 0 Å². The van der Waals surface area contributed by atoms with E-state index in [1.165, 1.54) is 0 Å². The fourth-order valence-corrected chi connectivity index (χ4v) is 2.51. The summed E-state index contributed by atoms with van der Waals surface area (Å²) in [4.78, 5) is 17.5. The summed E-state index contributed by atoms with van der Waals surface area (Å²) in [5.74, 6) is 0.171. The molecule has 2 aromatic heterocycles. The lowest BCUT2D eigenvalue weighted by Crippen LogP contribution is -2.47. The van der Waals surface area contributed by atoms with Crippen molar-refractivity contribution < 1.29 is 4.79 Å². The first-order chi connectivity index (χ1) is 8.03. The molecular weight excluding hydrogens is 234 g/mol.